The normalized spacial score (nSPS) is 11.6. The molecular weight excluding hydrogens is 497 g/mol. The first-order valence-electron chi connectivity index (χ1n) is 10.8. The van der Waals surface area contributed by atoms with Gasteiger partial charge in [-0.3, -0.25) is 9.10 Å². The molecule has 0 aliphatic carbocycles. The van der Waals surface area contributed by atoms with Crippen LogP contribution in [0.5, 0.6) is 0 Å². The molecule has 3 aromatic carbocycles. The number of ether oxygens (including phenoxy) is 1. The maximum absolute atomic E-state index is 13.4. The van der Waals surface area contributed by atoms with Crippen molar-refractivity contribution in [3.63, 3.8) is 0 Å². The van der Waals surface area contributed by atoms with Gasteiger partial charge in [-0.25, -0.2) is 13.2 Å². The maximum atomic E-state index is 13.4. The second-order valence-electron chi connectivity index (χ2n) is 7.72. The minimum Gasteiger partial charge on any atom is -0.462 e. The van der Waals surface area contributed by atoms with Crippen LogP contribution in [0.25, 0.3) is 0 Å². The highest BCUT2D eigenvalue weighted by molar-refractivity contribution is 7.92. The molecule has 3 aromatic rings. The molecule has 0 bridgehead atoms. The second kappa shape index (κ2) is 10.8. The number of nitrogens with zero attached hydrogens (tertiary/aromatic N) is 1. The number of anilines is 2. The molecule has 0 spiro atoms. The molecule has 3 rings (SSSR count). The summed E-state index contributed by atoms with van der Waals surface area (Å²) in [4.78, 5) is 24.6. The average molecular weight is 521 g/mol. The van der Waals surface area contributed by atoms with E-state index in [-0.39, 0.29) is 28.4 Å². The fourth-order valence-corrected chi connectivity index (χ4v) is 4.67. The Kier molecular flexibility index (Phi) is 8.03. The number of amides is 1. The smallest absolute Gasteiger partial charge is 0.416 e. The number of carbonyl (C=O) groups excluding carboxylic acids is 2. The number of halogens is 3. The molecule has 0 fully saturated rings. The summed E-state index contributed by atoms with van der Waals surface area (Å²) in [5.74, 6) is -1.44. The quantitative estimate of drug-likeness (QED) is 0.421. The lowest BCUT2D eigenvalue weighted by Gasteiger charge is -2.25. The summed E-state index contributed by atoms with van der Waals surface area (Å²) in [7, 11) is -4.42. The van der Waals surface area contributed by atoms with E-state index in [0.717, 1.165) is 17.7 Å². The van der Waals surface area contributed by atoms with Crippen LogP contribution in [0.2, 0.25) is 0 Å². The largest absolute Gasteiger partial charge is 0.462 e. The van der Waals surface area contributed by atoms with Crippen LogP contribution in [-0.4, -0.2) is 33.4 Å². The molecule has 0 aliphatic heterocycles. The van der Waals surface area contributed by atoms with Gasteiger partial charge in [-0.2, -0.15) is 13.2 Å². The Morgan fingerprint density at radius 3 is 2.28 bits per heavy atom. The van der Waals surface area contributed by atoms with Gasteiger partial charge in [0.15, 0.2) is 0 Å². The highest BCUT2D eigenvalue weighted by Crippen LogP contribution is 2.33. The van der Waals surface area contributed by atoms with Crippen LogP contribution < -0.4 is 9.62 Å². The molecular formula is C25H23F3N2O5S. The molecule has 0 aromatic heterocycles. The monoisotopic (exact) mass is 520 g/mol. The predicted molar refractivity (Wildman–Crippen MR) is 128 cm³/mol. The zero-order valence-electron chi connectivity index (χ0n) is 19.4. The van der Waals surface area contributed by atoms with E-state index in [1.807, 2.05) is 0 Å². The van der Waals surface area contributed by atoms with Crippen molar-refractivity contribution in [2.75, 3.05) is 22.8 Å². The van der Waals surface area contributed by atoms with Crippen molar-refractivity contribution in [3.05, 3.63) is 89.5 Å². The number of aryl methyl sites for hydroxylation is 1. The average Bonchev–Trinajstić information content (AvgIpc) is 2.82. The van der Waals surface area contributed by atoms with E-state index in [1.54, 1.807) is 13.8 Å². The first-order valence-corrected chi connectivity index (χ1v) is 12.2. The Balaban J connectivity index is 1.96. The molecule has 11 heteroatoms. The van der Waals surface area contributed by atoms with Gasteiger partial charge in [-0.15, -0.1) is 0 Å². The lowest BCUT2D eigenvalue weighted by molar-refractivity contribution is -0.137. The van der Waals surface area contributed by atoms with Crippen LogP contribution in [0.3, 0.4) is 0 Å². The number of benzene rings is 3. The van der Waals surface area contributed by atoms with E-state index >= 15 is 0 Å². The van der Waals surface area contributed by atoms with Crippen LogP contribution >= 0.6 is 0 Å². The number of esters is 1. The summed E-state index contributed by atoms with van der Waals surface area (Å²) in [5.41, 5.74) is -0.273. The van der Waals surface area contributed by atoms with E-state index in [1.165, 1.54) is 54.6 Å². The van der Waals surface area contributed by atoms with Crippen LogP contribution in [0.15, 0.2) is 77.7 Å². The Labute approximate surface area is 206 Å². The van der Waals surface area contributed by atoms with Crippen LogP contribution in [0.4, 0.5) is 24.5 Å². The van der Waals surface area contributed by atoms with E-state index in [0.29, 0.717) is 10.4 Å². The Morgan fingerprint density at radius 1 is 0.972 bits per heavy atom. The van der Waals surface area contributed by atoms with Crippen molar-refractivity contribution in [1.82, 2.24) is 0 Å². The van der Waals surface area contributed by atoms with Gasteiger partial charge in [0.2, 0.25) is 5.91 Å². The molecule has 1 amide bonds. The Hall–Kier alpha value is -3.86. The summed E-state index contributed by atoms with van der Waals surface area (Å²) in [6.45, 7) is 2.72. The predicted octanol–water partition coefficient (Wildman–Crippen LogP) is 5.02. The molecule has 0 aliphatic rings. The van der Waals surface area contributed by atoms with Gasteiger partial charge in [0, 0.05) is 5.69 Å². The SMILES string of the molecule is CCOC(=O)c1cccc(NC(=O)CN(c2cccc(C(F)(F)F)c2)S(=O)(=O)c2ccc(C)cc2)c1. The van der Waals surface area contributed by atoms with Gasteiger partial charge in [0.25, 0.3) is 10.0 Å². The standard InChI is InChI=1S/C25H23F3N2O5S/c1-3-35-24(32)18-6-4-8-20(14-18)29-23(31)16-30(21-9-5-7-19(15-21)25(26,27)28)36(33,34)22-12-10-17(2)11-13-22/h4-15H,3,16H2,1-2H3,(H,29,31). The zero-order valence-corrected chi connectivity index (χ0v) is 20.2. The van der Waals surface area contributed by atoms with Gasteiger partial charge in [-0.05, 0) is 62.4 Å². The van der Waals surface area contributed by atoms with Gasteiger partial charge < -0.3 is 10.1 Å². The van der Waals surface area contributed by atoms with Crippen molar-refractivity contribution >= 4 is 33.3 Å². The lowest BCUT2D eigenvalue weighted by atomic mass is 10.2. The molecule has 1 N–H and O–H groups in total. The fourth-order valence-electron chi connectivity index (χ4n) is 3.26. The van der Waals surface area contributed by atoms with E-state index in [2.05, 4.69) is 5.32 Å². The highest BCUT2D eigenvalue weighted by atomic mass is 32.2. The summed E-state index contributed by atoms with van der Waals surface area (Å²) < 4.78 is 72.3. The number of nitrogens with one attached hydrogen (secondary N) is 1. The summed E-state index contributed by atoms with van der Waals surface area (Å²) in [6, 6.07) is 15.2. The molecule has 0 heterocycles. The van der Waals surface area contributed by atoms with Crippen molar-refractivity contribution in [3.8, 4) is 0 Å². The minimum atomic E-state index is -4.72. The summed E-state index contributed by atoms with van der Waals surface area (Å²) in [6.07, 6.45) is -4.72. The molecule has 36 heavy (non-hydrogen) atoms. The van der Waals surface area contributed by atoms with E-state index < -0.39 is 40.2 Å². The third-order valence-corrected chi connectivity index (χ3v) is 6.80. The molecule has 190 valence electrons. The Morgan fingerprint density at radius 2 is 1.64 bits per heavy atom. The fraction of sp³-hybridized carbons (Fsp3) is 0.200. The van der Waals surface area contributed by atoms with Gasteiger partial charge in [-0.1, -0.05) is 29.8 Å². The number of rotatable bonds is 8. The van der Waals surface area contributed by atoms with Crippen LogP contribution in [0.1, 0.15) is 28.4 Å². The molecule has 0 saturated carbocycles. The third-order valence-electron chi connectivity index (χ3n) is 5.02. The summed E-state index contributed by atoms with van der Waals surface area (Å²) in [5, 5.41) is 2.48. The highest BCUT2D eigenvalue weighted by Gasteiger charge is 2.33. The van der Waals surface area contributed by atoms with E-state index in [9.17, 15) is 31.2 Å². The van der Waals surface area contributed by atoms with Crippen LogP contribution in [-0.2, 0) is 25.7 Å². The first-order chi connectivity index (χ1) is 16.9. The molecule has 0 atom stereocenters. The number of hydrogen-bond donors (Lipinski definition) is 1. The maximum Gasteiger partial charge on any atom is 0.416 e. The van der Waals surface area contributed by atoms with Crippen LogP contribution in [0, 0.1) is 6.92 Å². The third kappa shape index (κ3) is 6.42. The summed E-state index contributed by atoms with van der Waals surface area (Å²) >= 11 is 0. The van der Waals surface area contributed by atoms with Crippen molar-refractivity contribution < 1.29 is 35.9 Å². The van der Waals surface area contributed by atoms with Gasteiger partial charge in [0.05, 0.1) is 28.3 Å². The number of alkyl halides is 3. The van der Waals surface area contributed by atoms with Crippen molar-refractivity contribution in [1.29, 1.82) is 0 Å². The number of carbonyl (C=O) groups is 2. The minimum absolute atomic E-state index is 0.151. The zero-order chi connectivity index (χ0) is 26.5. The van der Waals surface area contributed by atoms with Gasteiger partial charge >= 0.3 is 12.1 Å². The molecule has 0 radical (unpaired) electrons. The molecule has 0 unspecified atom stereocenters. The lowest BCUT2D eigenvalue weighted by Crippen LogP contribution is -2.38. The second-order valence-corrected chi connectivity index (χ2v) is 9.58. The van der Waals surface area contributed by atoms with Crippen molar-refractivity contribution in [2.45, 2.75) is 24.9 Å². The van der Waals surface area contributed by atoms with Gasteiger partial charge in [0.1, 0.15) is 6.54 Å². The topological polar surface area (TPSA) is 92.8 Å². The molecule has 7 nitrogen and oxygen atoms in total. The number of sulfonamides is 1. The molecule has 0 saturated heterocycles. The van der Waals surface area contributed by atoms with E-state index in [4.69, 9.17) is 4.74 Å². The number of hydrogen-bond acceptors (Lipinski definition) is 5. The van der Waals surface area contributed by atoms with Crippen molar-refractivity contribution in [2.24, 2.45) is 0 Å². The Bertz CT molecular complexity index is 1360. The first kappa shape index (κ1) is 26.7.